The molecule has 1 aromatic rings. The van der Waals surface area contributed by atoms with Gasteiger partial charge in [-0.1, -0.05) is 32.9 Å². The number of guanidine groups is 1. The van der Waals surface area contributed by atoms with Crippen molar-refractivity contribution in [2.24, 2.45) is 10.4 Å². The molecular formula is C21H38IN3O3. The van der Waals surface area contributed by atoms with E-state index in [0.29, 0.717) is 19.0 Å². The molecule has 7 heteroatoms. The first-order valence-corrected chi connectivity index (χ1v) is 9.67. The molecule has 0 aromatic heterocycles. The highest BCUT2D eigenvalue weighted by Crippen LogP contribution is 2.22. The van der Waals surface area contributed by atoms with Crippen molar-refractivity contribution in [1.29, 1.82) is 0 Å². The lowest BCUT2D eigenvalue weighted by atomic mass is 9.89. The first-order chi connectivity index (χ1) is 12.7. The number of halogens is 1. The van der Waals surface area contributed by atoms with Gasteiger partial charge in [-0.3, -0.25) is 4.99 Å². The van der Waals surface area contributed by atoms with E-state index in [0.717, 1.165) is 17.9 Å². The second-order valence-corrected chi connectivity index (χ2v) is 7.95. The fourth-order valence-corrected chi connectivity index (χ4v) is 2.60. The Morgan fingerprint density at radius 1 is 1.21 bits per heavy atom. The van der Waals surface area contributed by atoms with Gasteiger partial charge in [0.25, 0.3) is 0 Å². The summed E-state index contributed by atoms with van der Waals surface area (Å²) in [6, 6.07) is 7.55. The average molecular weight is 507 g/mol. The lowest BCUT2D eigenvalue weighted by Crippen LogP contribution is -2.41. The van der Waals surface area contributed by atoms with E-state index in [1.54, 1.807) is 7.11 Å². The highest BCUT2D eigenvalue weighted by molar-refractivity contribution is 14.0. The molecule has 28 heavy (non-hydrogen) atoms. The average Bonchev–Trinajstić information content (AvgIpc) is 2.58. The highest BCUT2D eigenvalue weighted by Gasteiger charge is 2.24. The maximum atomic E-state index is 10.5. The van der Waals surface area contributed by atoms with Crippen LogP contribution in [-0.2, 0) is 4.74 Å². The van der Waals surface area contributed by atoms with Crippen LogP contribution in [0.4, 0.5) is 0 Å². The zero-order valence-electron chi connectivity index (χ0n) is 18.3. The second-order valence-electron chi connectivity index (χ2n) is 7.95. The number of nitrogens with zero attached hydrogens (tertiary/aromatic N) is 1. The summed E-state index contributed by atoms with van der Waals surface area (Å²) < 4.78 is 11.3. The van der Waals surface area contributed by atoms with Gasteiger partial charge in [0.05, 0.1) is 24.9 Å². The number of rotatable bonds is 9. The van der Waals surface area contributed by atoms with Crippen molar-refractivity contribution >= 4 is 29.9 Å². The van der Waals surface area contributed by atoms with Gasteiger partial charge in [0.2, 0.25) is 0 Å². The van der Waals surface area contributed by atoms with Gasteiger partial charge in [0.15, 0.2) is 5.96 Å². The lowest BCUT2D eigenvalue weighted by molar-refractivity contribution is 0.0241. The third-order valence-electron chi connectivity index (χ3n) is 4.09. The third-order valence-corrected chi connectivity index (χ3v) is 4.09. The minimum Gasteiger partial charge on any atom is -0.491 e. The van der Waals surface area contributed by atoms with Crippen molar-refractivity contribution in [3.05, 3.63) is 29.8 Å². The van der Waals surface area contributed by atoms with E-state index in [1.807, 2.05) is 45.0 Å². The number of aliphatic hydroxyl groups is 1. The van der Waals surface area contributed by atoms with Crippen LogP contribution >= 0.6 is 24.0 Å². The Morgan fingerprint density at radius 3 is 2.43 bits per heavy atom. The fourth-order valence-electron chi connectivity index (χ4n) is 2.60. The Hall–Kier alpha value is -1.06. The zero-order valence-corrected chi connectivity index (χ0v) is 20.6. The summed E-state index contributed by atoms with van der Waals surface area (Å²) in [6.45, 7) is 14.0. The SMILES string of the molecule is CCNC(=NCC(OC)C(C)(C)C)NCC(O)c1cccc(OC(C)C)c1.I. The topological polar surface area (TPSA) is 75.1 Å². The summed E-state index contributed by atoms with van der Waals surface area (Å²) in [7, 11) is 1.71. The molecule has 0 fully saturated rings. The first kappa shape index (κ1) is 26.9. The van der Waals surface area contributed by atoms with E-state index in [4.69, 9.17) is 9.47 Å². The van der Waals surface area contributed by atoms with Crippen molar-refractivity contribution in [3.8, 4) is 5.75 Å². The Balaban J connectivity index is 0.00000729. The van der Waals surface area contributed by atoms with Crippen LogP contribution in [0, 0.1) is 5.41 Å². The van der Waals surface area contributed by atoms with Gasteiger partial charge in [0, 0.05) is 20.2 Å². The van der Waals surface area contributed by atoms with Crippen molar-refractivity contribution < 1.29 is 14.6 Å². The van der Waals surface area contributed by atoms with Crippen LogP contribution in [0.5, 0.6) is 5.75 Å². The van der Waals surface area contributed by atoms with Crippen LogP contribution in [0.2, 0.25) is 0 Å². The highest BCUT2D eigenvalue weighted by atomic mass is 127. The van der Waals surface area contributed by atoms with E-state index in [2.05, 4.69) is 36.4 Å². The molecule has 1 aromatic carbocycles. The largest absolute Gasteiger partial charge is 0.491 e. The van der Waals surface area contributed by atoms with E-state index in [1.165, 1.54) is 0 Å². The quantitative estimate of drug-likeness (QED) is 0.270. The summed E-state index contributed by atoms with van der Waals surface area (Å²) in [5.74, 6) is 1.42. The number of hydrogen-bond acceptors (Lipinski definition) is 4. The molecule has 162 valence electrons. The van der Waals surface area contributed by atoms with Crippen LogP contribution < -0.4 is 15.4 Å². The standard InChI is InChI=1S/C21H37N3O3.HI/c1-8-22-20(24-14-19(26-7)21(4,5)6)23-13-18(25)16-10-9-11-17(12-16)27-15(2)3;/h9-12,15,18-19,25H,8,13-14H2,1-7H3,(H2,22,23,24);1H. The molecule has 0 aliphatic rings. The summed E-state index contributed by atoms with van der Waals surface area (Å²) >= 11 is 0. The van der Waals surface area contributed by atoms with Gasteiger partial charge in [0.1, 0.15) is 5.75 Å². The van der Waals surface area contributed by atoms with E-state index < -0.39 is 6.10 Å². The Labute approximate surface area is 187 Å². The van der Waals surface area contributed by atoms with Crippen molar-refractivity contribution in [2.45, 2.75) is 59.9 Å². The molecule has 0 bridgehead atoms. The molecule has 6 nitrogen and oxygen atoms in total. The number of ether oxygens (including phenoxy) is 2. The lowest BCUT2D eigenvalue weighted by Gasteiger charge is -2.28. The Bertz CT molecular complexity index is 589. The number of methoxy groups -OCH3 is 1. The molecule has 0 saturated heterocycles. The molecule has 0 aliphatic carbocycles. The third kappa shape index (κ3) is 9.93. The first-order valence-electron chi connectivity index (χ1n) is 9.67. The van der Waals surface area contributed by atoms with Gasteiger partial charge in [-0.2, -0.15) is 0 Å². The summed E-state index contributed by atoms with van der Waals surface area (Å²) in [5.41, 5.74) is 0.812. The number of aliphatic imine (C=N–C) groups is 1. The van der Waals surface area contributed by atoms with E-state index in [-0.39, 0.29) is 41.6 Å². The van der Waals surface area contributed by atoms with Gasteiger partial charge in [-0.05, 0) is 43.9 Å². The molecule has 1 rings (SSSR count). The van der Waals surface area contributed by atoms with Crippen molar-refractivity contribution in [1.82, 2.24) is 10.6 Å². The van der Waals surface area contributed by atoms with E-state index >= 15 is 0 Å². The monoisotopic (exact) mass is 507 g/mol. The summed E-state index contributed by atoms with van der Waals surface area (Å²) in [4.78, 5) is 4.61. The maximum Gasteiger partial charge on any atom is 0.191 e. The predicted octanol–water partition coefficient (Wildman–Crippen LogP) is 3.74. The normalized spacial score (nSPS) is 14.2. The van der Waals surface area contributed by atoms with Gasteiger partial charge in [-0.25, -0.2) is 0 Å². The van der Waals surface area contributed by atoms with Crippen molar-refractivity contribution in [2.75, 3.05) is 26.7 Å². The second kappa shape index (κ2) is 13.2. The molecule has 0 amide bonds. The summed E-state index contributed by atoms with van der Waals surface area (Å²) in [6.07, 6.45) is -0.548. The van der Waals surface area contributed by atoms with Crippen molar-refractivity contribution in [3.63, 3.8) is 0 Å². The summed E-state index contributed by atoms with van der Waals surface area (Å²) in [5, 5.41) is 16.9. The molecule has 2 atom stereocenters. The molecular weight excluding hydrogens is 469 g/mol. The number of nitrogens with one attached hydrogen (secondary N) is 2. The Morgan fingerprint density at radius 2 is 1.89 bits per heavy atom. The molecule has 0 heterocycles. The van der Waals surface area contributed by atoms with E-state index in [9.17, 15) is 5.11 Å². The molecule has 0 aliphatic heterocycles. The number of benzene rings is 1. The van der Waals surface area contributed by atoms with Crippen LogP contribution in [0.15, 0.2) is 29.3 Å². The number of aliphatic hydroxyl groups excluding tert-OH is 1. The van der Waals surface area contributed by atoms with Crippen LogP contribution in [0.3, 0.4) is 0 Å². The van der Waals surface area contributed by atoms with Crippen LogP contribution in [0.1, 0.15) is 53.2 Å². The zero-order chi connectivity index (χ0) is 20.4. The van der Waals surface area contributed by atoms with Gasteiger partial charge in [-0.15, -0.1) is 24.0 Å². The Kier molecular flexibility index (Phi) is 12.7. The van der Waals surface area contributed by atoms with Gasteiger partial charge < -0.3 is 25.2 Å². The predicted molar refractivity (Wildman–Crippen MR) is 127 cm³/mol. The molecule has 0 radical (unpaired) electrons. The maximum absolute atomic E-state index is 10.5. The van der Waals surface area contributed by atoms with Crippen LogP contribution in [-0.4, -0.2) is 50.0 Å². The minimum atomic E-state index is -0.662. The smallest absolute Gasteiger partial charge is 0.191 e. The molecule has 0 saturated carbocycles. The number of hydrogen-bond donors (Lipinski definition) is 3. The fraction of sp³-hybridized carbons (Fsp3) is 0.667. The van der Waals surface area contributed by atoms with Gasteiger partial charge >= 0.3 is 0 Å². The molecule has 2 unspecified atom stereocenters. The molecule has 3 N–H and O–H groups in total. The minimum absolute atomic E-state index is 0. The van der Waals surface area contributed by atoms with Crippen LogP contribution in [0.25, 0.3) is 0 Å². The molecule has 0 spiro atoms.